The molecule has 0 unspecified atom stereocenters. The summed E-state index contributed by atoms with van der Waals surface area (Å²) in [6.07, 6.45) is 16.8. The predicted octanol–water partition coefficient (Wildman–Crippen LogP) is 3.57. The lowest BCUT2D eigenvalue weighted by Gasteiger charge is -2.32. The maximum atomic E-state index is 12.6. The molecule has 2 amide bonds. The van der Waals surface area contributed by atoms with Crippen LogP contribution in [0.3, 0.4) is 0 Å². The average Bonchev–Trinajstić information content (AvgIpc) is 2.79. The topological polar surface area (TPSA) is 87.8 Å². The average molecular weight is 421 g/mol. The number of nitrogens with two attached hydrogens (primary N) is 1. The van der Waals surface area contributed by atoms with Gasteiger partial charge >= 0.3 is 0 Å². The molecular formula is C25H32N4O2. The van der Waals surface area contributed by atoms with Gasteiger partial charge in [-0.15, -0.1) is 0 Å². The van der Waals surface area contributed by atoms with E-state index in [2.05, 4.69) is 16.4 Å². The van der Waals surface area contributed by atoms with Crippen LogP contribution in [0, 0.1) is 18.4 Å². The summed E-state index contributed by atoms with van der Waals surface area (Å²) in [5.74, 6) is 0.572. The minimum absolute atomic E-state index is 0.0631. The number of nitrogen functional groups attached to an aromatic ring is 1. The molecule has 1 aromatic rings. The Morgan fingerprint density at radius 2 is 2.06 bits per heavy atom. The van der Waals surface area contributed by atoms with Gasteiger partial charge in [0.15, 0.2) is 0 Å². The van der Waals surface area contributed by atoms with E-state index >= 15 is 0 Å². The molecule has 6 nitrogen and oxygen atoms in total. The molecule has 0 bridgehead atoms. The van der Waals surface area contributed by atoms with Gasteiger partial charge in [0.05, 0.1) is 0 Å². The first-order valence-corrected chi connectivity index (χ1v) is 10.8. The van der Waals surface area contributed by atoms with Crippen molar-refractivity contribution in [2.24, 2.45) is 10.9 Å². The van der Waals surface area contributed by atoms with Crippen LogP contribution in [0.25, 0.3) is 0 Å². The van der Waals surface area contributed by atoms with Crippen LogP contribution in [-0.4, -0.2) is 42.6 Å². The first-order chi connectivity index (χ1) is 15.0. The number of hydrogen-bond acceptors (Lipinski definition) is 4. The zero-order valence-electron chi connectivity index (χ0n) is 18.2. The zero-order valence-corrected chi connectivity index (χ0v) is 18.2. The third-order valence-corrected chi connectivity index (χ3v) is 5.42. The fourth-order valence-corrected chi connectivity index (χ4v) is 3.61. The molecule has 3 N–H and O–H groups in total. The first-order valence-electron chi connectivity index (χ1n) is 10.8. The molecule has 1 aliphatic rings. The van der Waals surface area contributed by atoms with Crippen molar-refractivity contribution in [3.63, 3.8) is 0 Å². The summed E-state index contributed by atoms with van der Waals surface area (Å²) in [5.41, 5.74) is 7.85. The highest BCUT2D eigenvalue weighted by atomic mass is 16.2. The number of nitrogens with zero attached hydrogens (tertiary/aromatic N) is 2. The van der Waals surface area contributed by atoms with Gasteiger partial charge in [-0.3, -0.25) is 9.59 Å². The van der Waals surface area contributed by atoms with E-state index in [1.165, 1.54) is 12.3 Å². The summed E-state index contributed by atoms with van der Waals surface area (Å²) in [4.78, 5) is 30.1. The third kappa shape index (κ3) is 8.51. The van der Waals surface area contributed by atoms with E-state index in [9.17, 15) is 9.59 Å². The standard InChI is InChI=1S/C25H32N4O2/c1-3-20(19-27-4-2)11-12-24(30)28-15-6-5-8-21-13-16-29(17-14-21)25(31)22-9-7-10-23(26)18-22/h2-3,7,9-12,18-19,21H,5-6,8,13-17,26H2,1H3,(H,28,30)/b12-11+,20-3-,27-19-. The van der Waals surface area contributed by atoms with E-state index in [4.69, 9.17) is 12.2 Å². The predicted molar refractivity (Wildman–Crippen MR) is 127 cm³/mol. The Bertz CT molecular complexity index is 872. The maximum absolute atomic E-state index is 12.6. The highest BCUT2D eigenvalue weighted by molar-refractivity contribution is 5.95. The second-order valence-corrected chi connectivity index (χ2v) is 7.66. The Balaban J connectivity index is 1.61. The van der Waals surface area contributed by atoms with E-state index < -0.39 is 0 Å². The van der Waals surface area contributed by atoms with Gasteiger partial charge < -0.3 is 16.0 Å². The lowest BCUT2D eigenvalue weighted by atomic mass is 9.91. The minimum Gasteiger partial charge on any atom is -0.399 e. The monoisotopic (exact) mass is 420 g/mol. The van der Waals surface area contributed by atoms with Crippen molar-refractivity contribution in [1.29, 1.82) is 0 Å². The Morgan fingerprint density at radius 1 is 1.29 bits per heavy atom. The Labute approximate surface area is 185 Å². The number of nitrogens with one attached hydrogen (secondary N) is 1. The van der Waals surface area contributed by atoms with E-state index in [-0.39, 0.29) is 11.8 Å². The molecule has 1 saturated heterocycles. The van der Waals surface area contributed by atoms with Crippen LogP contribution in [0.5, 0.6) is 0 Å². The summed E-state index contributed by atoms with van der Waals surface area (Å²) in [5, 5.41) is 2.90. The summed E-state index contributed by atoms with van der Waals surface area (Å²) in [6, 6.07) is 9.34. The van der Waals surface area contributed by atoms with Crippen LogP contribution in [0.1, 0.15) is 49.4 Å². The van der Waals surface area contributed by atoms with Crippen LogP contribution < -0.4 is 11.1 Å². The van der Waals surface area contributed by atoms with Crippen molar-refractivity contribution in [3.05, 3.63) is 53.6 Å². The fraction of sp³-hybridized carbons (Fsp3) is 0.400. The number of carbonyl (C=O) groups is 2. The number of terminal acetylenes is 1. The quantitative estimate of drug-likeness (QED) is 0.160. The van der Waals surface area contributed by atoms with Gasteiger partial charge in [-0.2, -0.15) is 0 Å². The second kappa shape index (κ2) is 13.1. The summed E-state index contributed by atoms with van der Waals surface area (Å²) in [7, 11) is 0. The molecule has 1 fully saturated rings. The van der Waals surface area contributed by atoms with Gasteiger partial charge in [0, 0.05) is 49.2 Å². The lowest BCUT2D eigenvalue weighted by molar-refractivity contribution is -0.116. The van der Waals surface area contributed by atoms with Crippen molar-refractivity contribution >= 4 is 23.7 Å². The molecule has 1 aromatic carbocycles. The van der Waals surface area contributed by atoms with E-state index in [0.29, 0.717) is 23.7 Å². The normalized spacial score (nSPS) is 15.4. The van der Waals surface area contributed by atoms with Gasteiger partial charge in [-0.25, -0.2) is 4.99 Å². The number of likely N-dealkylation sites (tertiary alicyclic amines) is 1. The van der Waals surface area contributed by atoms with Crippen molar-refractivity contribution < 1.29 is 9.59 Å². The number of amides is 2. The number of rotatable bonds is 9. The summed E-state index contributed by atoms with van der Waals surface area (Å²) in [6.45, 7) is 4.09. The van der Waals surface area contributed by atoms with Crippen molar-refractivity contribution in [3.8, 4) is 12.5 Å². The van der Waals surface area contributed by atoms with Crippen LogP contribution >= 0.6 is 0 Å². The zero-order chi connectivity index (χ0) is 22.5. The smallest absolute Gasteiger partial charge is 0.253 e. The van der Waals surface area contributed by atoms with Crippen LogP contribution in [0.15, 0.2) is 53.1 Å². The Morgan fingerprint density at radius 3 is 2.74 bits per heavy atom. The highest BCUT2D eigenvalue weighted by Crippen LogP contribution is 2.24. The molecule has 0 spiro atoms. The molecule has 6 heteroatoms. The molecule has 1 heterocycles. The number of unbranched alkanes of at least 4 members (excludes halogenated alkanes) is 1. The van der Waals surface area contributed by atoms with Crippen molar-refractivity contribution in [1.82, 2.24) is 10.2 Å². The molecule has 1 aliphatic heterocycles. The number of allylic oxidation sites excluding steroid dienone is 3. The molecular weight excluding hydrogens is 388 g/mol. The van der Waals surface area contributed by atoms with Crippen LogP contribution in [0.2, 0.25) is 0 Å². The van der Waals surface area contributed by atoms with Crippen molar-refractivity contribution in [2.75, 3.05) is 25.4 Å². The molecule has 0 aromatic heterocycles. The lowest BCUT2D eigenvalue weighted by Crippen LogP contribution is -2.38. The number of piperidine rings is 1. The molecule has 0 radical (unpaired) electrons. The van der Waals surface area contributed by atoms with E-state index in [0.717, 1.165) is 50.8 Å². The number of hydrogen-bond donors (Lipinski definition) is 2. The number of benzene rings is 1. The first kappa shape index (κ1) is 23.9. The van der Waals surface area contributed by atoms with E-state index in [1.54, 1.807) is 18.2 Å². The van der Waals surface area contributed by atoms with Gasteiger partial charge in [0.1, 0.15) is 0 Å². The maximum Gasteiger partial charge on any atom is 0.253 e. The summed E-state index contributed by atoms with van der Waals surface area (Å²) >= 11 is 0. The third-order valence-electron chi connectivity index (χ3n) is 5.42. The highest BCUT2D eigenvalue weighted by Gasteiger charge is 2.23. The molecule has 2 rings (SSSR count). The Hall–Kier alpha value is -3.33. The molecule has 0 aliphatic carbocycles. The number of anilines is 1. The van der Waals surface area contributed by atoms with Crippen molar-refractivity contribution in [2.45, 2.75) is 39.0 Å². The second-order valence-electron chi connectivity index (χ2n) is 7.66. The largest absolute Gasteiger partial charge is 0.399 e. The number of aliphatic imine (C=N–C) groups is 1. The molecule has 0 saturated carbocycles. The van der Waals surface area contributed by atoms with Gasteiger partial charge in [-0.05, 0) is 62.0 Å². The van der Waals surface area contributed by atoms with Gasteiger partial charge in [0.2, 0.25) is 5.91 Å². The minimum atomic E-state index is -0.123. The fourth-order valence-electron chi connectivity index (χ4n) is 3.61. The molecule has 31 heavy (non-hydrogen) atoms. The Kier molecular flexibility index (Phi) is 10.1. The molecule has 164 valence electrons. The van der Waals surface area contributed by atoms with Gasteiger partial charge in [0.25, 0.3) is 5.91 Å². The van der Waals surface area contributed by atoms with Crippen LogP contribution in [-0.2, 0) is 4.79 Å². The van der Waals surface area contributed by atoms with Crippen LogP contribution in [0.4, 0.5) is 5.69 Å². The summed E-state index contributed by atoms with van der Waals surface area (Å²) < 4.78 is 0. The van der Waals surface area contributed by atoms with Gasteiger partial charge in [-0.1, -0.05) is 31.4 Å². The molecule has 0 atom stereocenters. The SMILES string of the molecule is C#C\N=C/C(=C\C)/C=C/C(=O)NCCCCC1CCN(C(=O)c2cccc(N)c2)CC1. The number of carbonyl (C=O) groups excluding carboxylic acids is 2. The van der Waals surface area contributed by atoms with E-state index in [1.807, 2.05) is 30.0 Å².